The van der Waals surface area contributed by atoms with Crippen LogP contribution in [0.3, 0.4) is 0 Å². The van der Waals surface area contributed by atoms with E-state index in [0.717, 1.165) is 0 Å². The molecule has 0 aliphatic rings. The van der Waals surface area contributed by atoms with E-state index in [4.69, 9.17) is 9.47 Å². The zero-order valence-electron chi connectivity index (χ0n) is 11.9. The van der Waals surface area contributed by atoms with Crippen LogP contribution in [0.1, 0.15) is 16.1 Å². The molecule has 0 aromatic carbocycles. The van der Waals surface area contributed by atoms with Gasteiger partial charge in [-0.1, -0.05) is 0 Å². The summed E-state index contributed by atoms with van der Waals surface area (Å²) in [5, 5.41) is 1.77. The van der Waals surface area contributed by atoms with E-state index in [9.17, 15) is 9.59 Å². The Hall–Kier alpha value is -1.60. The number of thiophene rings is 1. The lowest BCUT2D eigenvalue weighted by molar-refractivity contribution is -0.140. The summed E-state index contributed by atoms with van der Waals surface area (Å²) < 4.78 is 14.6. The molecule has 1 amide bonds. The topological polar surface area (TPSA) is 65.1 Å². The van der Waals surface area contributed by atoms with Crippen LogP contribution in [-0.2, 0) is 14.3 Å². The third-order valence-corrected chi connectivity index (χ3v) is 3.58. The van der Waals surface area contributed by atoms with Gasteiger partial charge in [0.05, 0.1) is 32.1 Å². The van der Waals surface area contributed by atoms with Crippen LogP contribution in [0.25, 0.3) is 0 Å². The molecular weight excluding hydrogens is 282 g/mol. The summed E-state index contributed by atoms with van der Waals surface area (Å²) in [5.74, 6) is 0.168. The van der Waals surface area contributed by atoms with Gasteiger partial charge in [0.2, 0.25) is 0 Å². The Kier molecular flexibility index (Phi) is 7.03. The van der Waals surface area contributed by atoms with Crippen molar-refractivity contribution in [2.24, 2.45) is 0 Å². The summed E-state index contributed by atoms with van der Waals surface area (Å²) >= 11 is 1.31. The smallest absolute Gasteiger partial charge is 0.307 e. The van der Waals surface area contributed by atoms with E-state index in [1.165, 1.54) is 18.4 Å². The Morgan fingerprint density at radius 2 is 2.00 bits per heavy atom. The van der Waals surface area contributed by atoms with Crippen LogP contribution in [0.2, 0.25) is 0 Å². The molecule has 112 valence electrons. The zero-order chi connectivity index (χ0) is 15.0. The van der Waals surface area contributed by atoms with E-state index < -0.39 is 0 Å². The first kappa shape index (κ1) is 16.5. The van der Waals surface area contributed by atoms with Crippen molar-refractivity contribution in [1.29, 1.82) is 0 Å². The van der Waals surface area contributed by atoms with Crippen molar-refractivity contribution in [3.05, 3.63) is 16.3 Å². The van der Waals surface area contributed by atoms with Crippen molar-refractivity contribution in [2.75, 3.05) is 41.0 Å². The van der Waals surface area contributed by atoms with Crippen LogP contribution in [0.4, 0.5) is 0 Å². The molecule has 0 spiro atoms. The van der Waals surface area contributed by atoms with Crippen molar-refractivity contribution < 1.29 is 23.8 Å². The van der Waals surface area contributed by atoms with Crippen LogP contribution in [-0.4, -0.2) is 57.8 Å². The van der Waals surface area contributed by atoms with Gasteiger partial charge >= 0.3 is 5.97 Å². The summed E-state index contributed by atoms with van der Waals surface area (Å²) in [6.07, 6.45) is 0.161. The molecular formula is C13H19NO5S. The number of methoxy groups -OCH3 is 3. The fourth-order valence-electron chi connectivity index (χ4n) is 1.54. The number of carbonyl (C=O) groups is 2. The summed E-state index contributed by atoms with van der Waals surface area (Å²) in [6.45, 7) is 1.14. The minimum Gasteiger partial charge on any atom is -0.496 e. The SMILES string of the molecule is COCCN(CCC(=O)OC)C(=O)c1cc(OC)cs1. The normalized spacial score (nSPS) is 10.2. The minimum atomic E-state index is -0.344. The van der Waals surface area contributed by atoms with E-state index in [0.29, 0.717) is 30.3 Å². The number of ether oxygens (including phenoxy) is 3. The Bertz CT molecular complexity index is 446. The standard InChI is InChI=1S/C13H19NO5S/c1-17-7-6-14(5-4-12(15)19-3)13(16)11-8-10(18-2)9-20-11/h8-9H,4-7H2,1-3H3. The van der Waals surface area contributed by atoms with Gasteiger partial charge < -0.3 is 19.1 Å². The Balaban J connectivity index is 2.69. The Labute approximate surface area is 122 Å². The van der Waals surface area contributed by atoms with Crippen molar-refractivity contribution >= 4 is 23.2 Å². The second-order valence-electron chi connectivity index (χ2n) is 3.96. The van der Waals surface area contributed by atoms with Gasteiger partial charge in [-0.25, -0.2) is 0 Å². The highest BCUT2D eigenvalue weighted by molar-refractivity contribution is 7.12. The molecule has 0 aliphatic carbocycles. The molecule has 0 bridgehead atoms. The molecule has 1 rings (SSSR count). The van der Waals surface area contributed by atoms with Gasteiger partial charge in [0.1, 0.15) is 5.75 Å². The highest BCUT2D eigenvalue weighted by Crippen LogP contribution is 2.22. The number of esters is 1. The predicted molar refractivity (Wildman–Crippen MR) is 75.3 cm³/mol. The largest absolute Gasteiger partial charge is 0.496 e. The van der Waals surface area contributed by atoms with Crippen LogP contribution in [0.5, 0.6) is 5.75 Å². The zero-order valence-corrected chi connectivity index (χ0v) is 12.7. The molecule has 1 aromatic rings. The van der Waals surface area contributed by atoms with Gasteiger partial charge in [-0.3, -0.25) is 9.59 Å². The molecule has 7 heteroatoms. The number of rotatable bonds is 8. The maximum absolute atomic E-state index is 12.4. The van der Waals surface area contributed by atoms with Crippen LogP contribution in [0.15, 0.2) is 11.4 Å². The van der Waals surface area contributed by atoms with E-state index in [-0.39, 0.29) is 18.3 Å². The lowest BCUT2D eigenvalue weighted by Crippen LogP contribution is -2.35. The number of amides is 1. The molecule has 0 aliphatic heterocycles. The Morgan fingerprint density at radius 3 is 2.55 bits per heavy atom. The molecule has 1 aromatic heterocycles. The van der Waals surface area contributed by atoms with Crippen molar-refractivity contribution in [3.8, 4) is 5.75 Å². The average Bonchev–Trinajstić information content (AvgIpc) is 2.95. The monoisotopic (exact) mass is 301 g/mol. The summed E-state index contributed by atoms with van der Waals surface area (Å²) in [6, 6.07) is 1.69. The van der Waals surface area contributed by atoms with Crippen LogP contribution >= 0.6 is 11.3 Å². The van der Waals surface area contributed by atoms with Crippen LogP contribution in [0, 0.1) is 0 Å². The van der Waals surface area contributed by atoms with Gasteiger partial charge in [0.25, 0.3) is 5.91 Å². The molecule has 0 N–H and O–H groups in total. The molecule has 0 unspecified atom stereocenters. The maximum atomic E-state index is 12.4. The van der Waals surface area contributed by atoms with Crippen molar-refractivity contribution in [2.45, 2.75) is 6.42 Å². The second kappa shape index (κ2) is 8.55. The highest BCUT2D eigenvalue weighted by atomic mass is 32.1. The highest BCUT2D eigenvalue weighted by Gasteiger charge is 2.19. The second-order valence-corrected chi connectivity index (χ2v) is 4.87. The molecule has 1 heterocycles. The van der Waals surface area contributed by atoms with Crippen molar-refractivity contribution in [1.82, 2.24) is 4.90 Å². The van der Waals surface area contributed by atoms with Gasteiger partial charge in [-0.2, -0.15) is 0 Å². The molecule has 0 fully saturated rings. The number of nitrogens with zero attached hydrogens (tertiary/aromatic N) is 1. The number of hydrogen-bond donors (Lipinski definition) is 0. The molecule has 20 heavy (non-hydrogen) atoms. The maximum Gasteiger partial charge on any atom is 0.307 e. The molecule has 0 saturated heterocycles. The molecule has 6 nitrogen and oxygen atoms in total. The third-order valence-electron chi connectivity index (χ3n) is 2.69. The lowest BCUT2D eigenvalue weighted by atomic mass is 10.3. The average molecular weight is 301 g/mol. The van der Waals surface area contributed by atoms with Crippen LogP contribution < -0.4 is 4.74 Å². The molecule has 0 saturated carbocycles. The summed E-state index contributed by atoms with van der Waals surface area (Å²) in [7, 11) is 4.45. The molecule has 0 radical (unpaired) electrons. The van der Waals surface area contributed by atoms with Gasteiger partial charge in [0.15, 0.2) is 0 Å². The fraction of sp³-hybridized carbons (Fsp3) is 0.538. The van der Waals surface area contributed by atoms with E-state index in [1.54, 1.807) is 30.6 Å². The Morgan fingerprint density at radius 1 is 1.25 bits per heavy atom. The van der Waals surface area contributed by atoms with Gasteiger partial charge in [-0.15, -0.1) is 11.3 Å². The van der Waals surface area contributed by atoms with E-state index in [1.807, 2.05) is 0 Å². The lowest BCUT2D eigenvalue weighted by Gasteiger charge is -2.21. The van der Waals surface area contributed by atoms with Gasteiger partial charge in [0, 0.05) is 31.6 Å². The first-order valence-corrected chi connectivity index (χ1v) is 6.98. The van der Waals surface area contributed by atoms with E-state index >= 15 is 0 Å². The van der Waals surface area contributed by atoms with Gasteiger partial charge in [-0.05, 0) is 0 Å². The molecule has 0 atom stereocenters. The fourth-order valence-corrected chi connectivity index (χ4v) is 2.36. The van der Waals surface area contributed by atoms with Crippen molar-refractivity contribution in [3.63, 3.8) is 0 Å². The first-order valence-electron chi connectivity index (χ1n) is 6.10. The summed E-state index contributed by atoms with van der Waals surface area (Å²) in [4.78, 5) is 25.7. The third kappa shape index (κ3) is 4.82. The predicted octanol–water partition coefficient (Wildman–Crippen LogP) is 1.41. The first-order chi connectivity index (χ1) is 9.62. The minimum absolute atomic E-state index is 0.140. The summed E-state index contributed by atoms with van der Waals surface area (Å²) in [5.41, 5.74) is 0. The quantitative estimate of drug-likeness (QED) is 0.679. The van der Waals surface area contributed by atoms with E-state index in [2.05, 4.69) is 4.74 Å². The number of carbonyl (C=O) groups excluding carboxylic acids is 2. The number of hydrogen-bond acceptors (Lipinski definition) is 6.